The minimum Gasteiger partial charge on any atom is -0.368 e. The number of rotatable bonds is 9. The van der Waals surface area contributed by atoms with Crippen LogP contribution in [-0.2, 0) is 11.3 Å². The zero-order chi connectivity index (χ0) is 19.1. The van der Waals surface area contributed by atoms with E-state index in [1.807, 2.05) is 23.5 Å². The van der Waals surface area contributed by atoms with Crippen molar-refractivity contribution < 1.29 is 4.79 Å². The van der Waals surface area contributed by atoms with Crippen molar-refractivity contribution in [2.24, 2.45) is 5.92 Å². The highest BCUT2D eigenvalue weighted by atomic mass is 32.2. The predicted molar refractivity (Wildman–Crippen MR) is 107 cm³/mol. The summed E-state index contributed by atoms with van der Waals surface area (Å²) in [7, 11) is 0. The maximum Gasteiger partial charge on any atom is 0.222 e. The number of likely N-dealkylation sites (tertiary alicyclic amines) is 1. The van der Waals surface area contributed by atoms with E-state index in [1.165, 1.54) is 0 Å². The van der Waals surface area contributed by atoms with Crippen molar-refractivity contribution in [1.82, 2.24) is 24.8 Å². The molecule has 2 N–H and O–H groups in total. The lowest BCUT2D eigenvalue weighted by Crippen LogP contribution is -2.24. The molecule has 1 unspecified atom stereocenters. The molecule has 0 spiro atoms. The Morgan fingerprint density at radius 1 is 1.11 bits per heavy atom. The Kier molecular flexibility index (Phi) is 6.80. The fourth-order valence-corrected chi connectivity index (χ4v) is 3.04. The number of anilines is 2. The quantitative estimate of drug-likeness (QED) is 0.633. The largest absolute Gasteiger partial charge is 0.368 e. The van der Waals surface area contributed by atoms with E-state index < -0.39 is 0 Å². The van der Waals surface area contributed by atoms with Crippen molar-refractivity contribution in [2.45, 2.75) is 31.2 Å². The number of nitrogens with zero attached hydrogens (tertiary/aromatic N) is 5. The molecule has 1 amide bonds. The molecule has 0 aromatic carbocycles. The second-order valence-corrected chi connectivity index (χ2v) is 7.50. The molecule has 3 heterocycles. The number of nitrogens with one attached hydrogen (secondary N) is 2. The number of hydrogen-bond donors (Lipinski definition) is 2. The van der Waals surface area contributed by atoms with Gasteiger partial charge in [-0.1, -0.05) is 6.92 Å². The van der Waals surface area contributed by atoms with Crippen molar-refractivity contribution in [3.05, 3.63) is 30.5 Å². The van der Waals surface area contributed by atoms with E-state index >= 15 is 0 Å². The SMILES string of the molecule is CSc1cnc(NCC(C)CNc2cnc(CN3CCCC3=O)cn2)nc1. The average molecular weight is 388 g/mol. The zero-order valence-corrected chi connectivity index (χ0v) is 16.5. The van der Waals surface area contributed by atoms with Gasteiger partial charge < -0.3 is 15.5 Å². The first-order valence-corrected chi connectivity index (χ1v) is 10.3. The van der Waals surface area contributed by atoms with Gasteiger partial charge in [0.15, 0.2) is 0 Å². The molecular formula is C18H25N7OS. The summed E-state index contributed by atoms with van der Waals surface area (Å²) < 4.78 is 0. The molecule has 1 saturated heterocycles. The van der Waals surface area contributed by atoms with Crippen molar-refractivity contribution in [3.63, 3.8) is 0 Å². The topological polar surface area (TPSA) is 95.9 Å². The molecule has 1 atom stereocenters. The Bertz CT molecular complexity index is 738. The molecular weight excluding hydrogens is 362 g/mol. The van der Waals surface area contributed by atoms with Crippen LogP contribution in [0.3, 0.4) is 0 Å². The molecule has 1 aliphatic rings. The van der Waals surface area contributed by atoms with Crippen LogP contribution < -0.4 is 10.6 Å². The summed E-state index contributed by atoms with van der Waals surface area (Å²) in [5.41, 5.74) is 0.816. The first kappa shape index (κ1) is 19.3. The fraction of sp³-hybridized carbons (Fsp3) is 0.500. The van der Waals surface area contributed by atoms with Crippen LogP contribution in [0.25, 0.3) is 0 Å². The summed E-state index contributed by atoms with van der Waals surface area (Å²) >= 11 is 1.62. The fourth-order valence-electron chi connectivity index (χ4n) is 2.72. The minimum atomic E-state index is 0.201. The number of carbonyl (C=O) groups excluding carboxylic acids is 1. The highest BCUT2D eigenvalue weighted by molar-refractivity contribution is 7.98. The van der Waals surface area contributed by atoms with Gasteiger partial charge >= 0.3 is 0 Å². The molecule has 144 valence electrons. The van der Waals surface area contributed by atoms with Crippen LogP contribution in [0.2, 0.25) is 0 Å². The minimum absolute atomic E-state index is 0.201. The van der Waals surface area contributed by atoms with Crippen LogP contribution in [0.5, 0.6) is 0 Å². The summed E-state index contributed by atoms with van der Waals surface area (Å²) in [6, 6.07) is 0. The summed E-state index contributed by atoms with van der Waals surface area (Å²) in [4.78, 5) is 31.9. The Morgan fingerprint density at radius 3 is 2.52 bits per heavy atom. The lowest BCUT2D eigenvalue weighted by molar-refractivity contribution is -0.128. The second kappa shape index (κ2) is 9.50. The maximum atomic E-state index is 11.7. The third-order valence-corrected chi connectivity index (χ3v) is 5.02. The van der Waals surface area contributed by atoms with Gasteiger partial charge in [-0.05, 0) is 18.6 Å². The lowest BCUT2D eigenvalue weighted by Gasteiger charge is -2.16. The highest BCUT2D eigenvalue weighted by Gasteiger charge is 2.20. The van der Waals surface area contributed by atoms with Crippen LogP contribution in [0.15, 0.2) is 29.7 Å². The van der Waals surface area contributed by atoms with Gasteiger partial charge in [0, 0.05) is 43.3 Å². The van der Waals surface area contributed by atoms with E-state index in [0.717, 1.165) is 42.5 Å². The van der Waals surface area contributed by atoms with Crippen molar-refractivity contribution in [2.75, 3.05) is 36.5 Å². The molecule has 0 radical (unpaired) electrons. The van der Waals surface area contributed by atoms with Crippen molar-refractivity contribution in [3.8, 4) is 0 Å². The molecule has 0 bridgehead atoms. The van der Waals surface area contributed by atoms with E-state index in [0.29, 0.717) is 24.8 Å². The van der Waals surface area contributed by atoms with Gasteiger partial charge in [0.2, 0.25) is 11.9 Å². The Labute approximate surface area is 163 Å². The molecule has 1 fully saturated rings. The molecule has 2 aromatic heterocycles. The Hall–Kier alpha value is -2.42. The van der Waals surface area contributed by atoms with Crippen molar-refractivity contribution in [1.29, 1.82) is 0 Å². The normalized spacial score (nSPS) is 15.0. The van der Waals surface area contributed by atoms with Gasteiger partial charge in [0.1, 0.15) is 5.82 Å². The van der Waals surface area contributed by atoms with Crippen LogP contribution in [0.4, 0.5) is 11.8 Å². The number of carbonyl (C=O) groups is 1. The molecule has 2 aromatic rings. The maximum absolute atomic E-state index is 11.7. The van der Waals surface area contributed by atoms with Gasteiger partial charge in [-0.15, -0.1) is 11.8 Å². The predicted octanol–water partition coefficient (Wildman–Crippen LogP) is 2.27. The molecule has 8 nitrogen and oxygen atoms in total. The van der Waals surface area contributed by atoms with Crippen molar-refractivity contribution >= 4 is 29.4 Å². The Balaban J connectivity index is 1.40. The molecule has 3 rings (SSSR count). The van der Waals surface area contributed by atoms with E-state index in [-0.39, 0.29) is 5.91 Å². The first-order valence-electron chi connectivity index (χ1n) is 9.06. The first-order chi connectivity index (χ1) is 13.1. The zero-order valence-electron chi connectivity index (χ0n) is 15.7. The van der Waals surface area contributed by atoms with E-state index in [1.54, 1.807) is 24.2 Å². The van der Waals surface area contributed by atoms with Gasteiger partial charge in [0.05, 0.1) is 24.6 Å². The molecule has 0 aliphatic carbocycles. The van der Waals surface area contributed by atoms with Gasteiger partial charge in [-0.25, -0.2) is 15.0 Å². The smallest absolute Gasteiger partial charge is 0.222 e. The molecule has 9 heteroatoms. The van der Waals surface area contributed by atoms with Crippen LogP contribution >= 0.6 is 11.8 Å². The number of amides is 1. The van der Waals surface area contributed by atoms with Crippen LogP contribution in [0.1, 0.15) is 25.5 Å². The monoisotopic (exact) mass is 387 g/mol. The molecule has 1 aliphatic heterocycles. The highest BCUT2D eigenvalue weighted by Crippen LogP contribution is 2.14. The van der Waals surface area contributed by atoms with Gasteiger partial charge in [-0.2, -0.15) is 0 Å². The molecule has 0 saturated carbocycles. The summed E-state index contributed by atoms with van der Waals surface area (Å²) in [6.07, 6.45) is 10.7. The second-order valence-electron chi connectivity index (χ2n) is 6.63. The third-order valence-electron chi connectivity index (χ3n) is 4.33. The van der Waals surface area contributed by atoms with E-state index in [9.17, 15) is 4.79 Å². The molecule has 27 heavy (non-hydrogen) atoms. The summed E-state index contributed by atoms with van der Waals surface area (Å²) in [5.74, 6) is 1.93. The standard InChI is InChI=1S/C18H25N7OS/c1-13(7-22-18-23-9-15(27-2)10-24-18)6-20-16-11-19-14(8-21-16)12-25-5-3-4-17(25)26/h8-11,13H,3-7,12H2,1-2H3,(H,20,21)(H,22,23,24). The summed E-state index contributed by atoms with van der Waals surface area (Å²) in [5, 5.41) is 6.53. The van der Waals surface area contributed by atoms with E-state index in [4.69, 9.17) is 0 Å². The Morgan fingerprint density at radius 2 is 1.89 bits per heavy atom. The number of thioether (sulfide) groups is 1. The lowest BCUT2D eigenvalue weighted by atomic mass is 10.2. The summed E-state index contributed by atoms with van der Waals surface area (Å²) in [6.45, 7) is 5.01. The average Bonchev–Trinajstić information content (AvgIpc) is 3.10. The van der Waals surface area contributed by atoms with Gasteiger partial charge in [-0.3, -0.25) is 9.78 Å². The van der Waals surface area contributed by atoms with E-state index in [2.05, 4.69) is 37.5 Å². The van der Waals surface area contributed by atoms with Crippen LogP contribution in [0, 0.1) is 5.92 Å². The number of hydrogen-bond acceptors (Lipinski definition) is 8. The third kappa shape index (κ3) is 5.78. The van der Waals surface area contributed by atoms with Crippen LogP contribution in [-0.4, -0.2) is 56.6 Å². The number of aromatic nitrogens is 4. The van der Waals surface area contributed by atoms with Gasteiger partial charge in [0.25, 0.3) is 0 Å².